The maximum absolute atomic E-state index is 10.3. The Balaban J connectivity index is 2.95. The minimum absolute atomic E-state index is 0.364. The van der Waals surface area contributed by atoms with E-state index in [0.29, 0.717) is 13.2 Å². The van der Waals surface area contributed by atoms with Gasteiger partial charge >= 0.3 is 5.97 Å². The summed E-state index contributed by atoms with van der Waals surface area (Å²) in [5.41, 5.74) is 0. The average molecular weight is 162 g/mol. The Morgan fingerprint density at radius 3 is 2.55 bits per heavy atom. The summed E-state index contributed by atoms with van der Waals surface area (Å²) in [5, 5.41) is 8.24. The van der Waals surface area contributed by atoms with Crippen molar-refractivity contribution in [3.8, 4) is 0 Å². The van der Waals surface area contributed by atoms with Gasteiger partial charge in [-0.25, -0.2) is 4.79 Å². The van der Waals surface area contributed by atoms with Crippen LogP contribution in [-0.4, -0.2) is 38.0 Å². The van der Waals surface area contributed by atoms with Crippen LogP contribution in [0.4, 0.5) is 0 Å². The number of esters is 1. The van der Waals surface area contributed by atoms with Crippen LogP contribution >= 0.6 is 0 Å². The molecule has 11 heavy (non-hydrogen) atoms. The fourth-order valence-electron chi connectivity index (χ4n) is 0.580. The third-order valence-electron chi connectivity index (χ3n) is 1.13. The first kappa shape index (κ1) is 10.4. The Bertz CT molecular complexity index is 103. The number of hydrogen-bond donors (Lipinski definition) is 1. The van der Waals surface area contributed by atoms with E-state index in [4.69, 9.17) is 9.84 Å². The molecule has 0 bridgehead atoms. The number of hydrogen-bond acceptors (Lipinski definition) is 4. The highest BCUT2D eigenvalue weighted by molar-refractivity contribution is 5.70. The fourth-order valence-corrected chi connectivity index (χ4v) is 0.580. The van der Waals surface area contributed by atoms with E-state index in [1.165, 1.54) is 0 Å². The smallest absolute Gasteiger partial charge is 0.331 e. The molecule has 0 aromatic carbocycles. The molecule has 0 aliphatic rings. The summed E-state index contributed by atoms with van der Waals surface area (Å²) in [6.07, 6.45) is 1.65. The van der Waals surface area contributed by atoms with Gasteiger partial charge in [0.05, 0.1) is 6.61 Å². The topological polar surface area (TPSA) is 55.8 Å². The summed E-state index contributed by atoms with van der Waals surface area (Å²) in [5.74, 6) is -0.567. The number of carbonyl (C=O) groups excluding carboxylic acids is 1. The zero-order valence-electron chi connectivity index (χ0n) is 6.71. The van der Waals surface area contributed by atoms with Crippen molar-refractivity contribution in [3.05, 3.63) is 0 Å². The molecule has 0 radical (unpaired) electrons. The SMILES string of the molecule is COCCCCOC(=O)CO. The first-order valence-electron chi connectivity index (χ1n) is 3.56. The van der Waals surface area contributed by atoms with Crippen molar-refractivity contribution in [3.63, 3.8) is 0 Å². The zero-order valence-corrected chi connectivity index (χ0v) is 6.71. The minimum atomic E-state index is -0.567. The highest BCUT2D eigenvalue weighted by Gasteiger charge is 1.97. The highest BCUT2D eigenvalue weighted by Crippen LogP contribution is 1.90. The average Bonchev–Trinajstić information content (AvgIpc) is 2.04. The van der Waals surface area contributed by atoms with Crippen LogP contribution in [0.3, 0.4) is 0 Å². The summed E-state index contributed by atoms with van der Waals surface area (Å²) in [4.78, 5) is 10.3. The standard InChI is InChI=1S/C7H14O4/c1-10-4-2-3-5-11-7(9)6-8/h8H,2-6H2,1H3. The number of methoxy groups -OCH3 is 1. The lowest BCUT2D eigenvalue weighted by Gasteiger charge is -2.01. The predicted molar refractivity (Wildman–Crippen MR) is 39.2 cm³/mol. The Hall–Kier alpha value is -0.610. The lowest BCUT2D eigenvalue weighted by molar-refractivity contribution is -0.147. The summed E-state index contributed by atoms with van der Waals surface area (Å²) in [6, 6.07) is 0. The van der Waals surface area contributed by atoms with Crippen molar-refractivity contribution in [2.45, 2.75) is 12.8 Å². The van der Waals surface area contributed by atoms with Crippen molar-refractivity contribution < 1.29 is 19.4 Å². The third-order valence-corrected chi connectivity index (χ3v) is 1.13. The van der Waals surface area contributed by atoms with Gasteiger partial charge in [-0.1, -0.05) is 0 Å². The first-order chi connectivity index (χ1) is 5.31. The molecule has 4 nitrogen and oxygen atoms in total. The van der Waals surface area contributed by atoms with E-state index in [0.717, 1.165) is 12.8 Å². The fraction of sp³-hybridized carbons (Fsp3) is 0.857. The molecular weight excluding hydrogens is 148 g/mol. The van der Waals surface area contributed by atoms with Crippen LogP contribution in [0, 0.1) is 0 Å². The molecule has 66 valence electrons. The molecular formula is C7H14O4. The van der Waals surface area contributed by atoms with Crippen LogP contribution in [0.5, 0.6) is 0 Å². The van der Waals surface area contributed by atoms with Crippen molar-refractivity contribution in [2.75, 3.05) is 26.9 Å². The van der Waals surface area contributed by atoms with E-state index in [2.05, 4.69) is 4.74 Å². The lowest BCUT2D eigenvalue weighted by Crippen LogP contribution is -2.10. The van der Waals surface area contributed by atoms with Crippen LogP contribution in [0.15, 0.2) is 0 Å². The Morgan fingerprint density at radius 1 is 1.36 bits per heavy atom. The first-order valence-corrected chi connectivity index (χ1v) is 3.56. The van der Waals surface area contributed by atoms with E-state index < -0.39 is 12.6 Å². The van der Waals surface area contributed by atoms with Gasteiger partial charge < -0.3 is 14.6 Å². The van der Waals surface area contributed by atoms with Crippen molar-refractivity contribution >= 4 is 5.97 Å². The van der Waals surface area contributed by atoms with Crippen LogP contribution in [0.25, 0.3) is 0 Å². The third kappa shape index (κ3) is 7.29. The Morgan fingerprint density at radius 2 is 2.00 bits per heavy atom. The van der Waals surface area contributed by atoms with Crippen molar-refractivity contribution in [2.24, 2.45) is 0 Å². The molecule has 0 amide bonds. The van der Waals surface area contributed by atoms with E-state index in [1.807, 2.05) is 0 Å². The van der Waals surface area contributed by atoms with E-state index in [1.54, 1.807) is 7.11 Å². The van der Waals surface area contributed by atoms with E-state index in [9.17, 15) is 4.79 Å². The van der Waals surface area contributed by atoms with Gasteiger partial charge in [-0.3, -0.25) is 0 Å². The number of carbonyl (C=O) groups is 1. The molecule has 0 fully saturated rings. The van der Waals surface area contributed by atoms with Gasteiger partial charge in [0.1, 0.15) is 6.61 Å². The van der Waals surface area contributed by atoms with Crippen LogP contribution in [0.2, 0.25) is 0 Å². The molecule has 0 aromatic heterocycles. The van der Waals surface area contributed by atoms with Crippen LogP contribution < -0.4 is 0 Å². The monoisotopic (exact) mass is 162 g/mol. The molecule has 0 spiro atoms. The molecule has 1 N–H and O–H groups in total. The molecule has 0 aliphatic heterocycles. The van der Waals surface area contributed by atoms with E-state index in [-0.39, 0.29) is 0 Å². The minimum Gasteiger partial charge on any atom is -0.464 e. The normalized spacial score (nSPS) is 9.64. The maximum atomic E-state index is 10.3. The van der Waals surface area contributed by atoms with Gasteiger partial charge in [0, 0.05) is 13.7 Å². The molecule has 0 heterocycles. The lowest BCUT2D eigenvalue weighted by atomic mass is 10.3. The van der Waals surface area contributed by atoms with Gasteiger partial charge in [0.25, 0.3) is 0 Å². The summed E-state index contributed by atoms with van der Waals surface area (Å²) < 4.78 is 9.38. The number of aliphatic hydroxyl groups excluding tert-OH is 1. The zero-order chi connectivity index (χ0) is 8.53. The second-order valence-corrected chi connectivity index (χ2v) is 2.08. The number of ether oxygens (including phenoxy) is 2. The van der Waals surface area contributed by atoms with Gasteiger partial charge in [-0.05, 0) is 12.8 Å². The number of rotatable bonds is 6. The Kier molecular flexibility index (Phi) is 7.08. The highest BCUT2D eigenvalue weighted by atomic mass is 16.5. The molecule has 0 unspecified atom stereocenters. The van der Waals surface area contributed by atoms with Gasteiger partial charge in [-0.2, -0.15) is 0 Å². The van der Waals surface area contributed by atoms with Gasteiger partial charge in [0.2, 0.25) is 0 Å². The van der Waals surface area contributed by atoms with Gasteiger partial charge in [0.15, 0.2) is 0 Å². The second kappa shape index (κ2) is 7.50. The molecule has 0 rings (SSSR count). The second-order valence-electron chi connectivity index (χ2n) is 2.08. The van der Waals surface area contributed by atoms with E-state index >= 15 is 0 Å². The van der Waals surface area contributed by atoms with Gasteiger partial charge in [-0.15, -0.1) is 0 Å². The molecule has 0 atom stereocenters. The summed E-state index contributed by atoms with van der Waals surface area (Å²) in [6.45, 7) is 0.504. The largest absolute Gasteiger partial charge is 0.464 e. The molecule has 0 aromatic rings. The van der Waals surface area contributed by atoms with Crippen molar-refractivity contribution in [1.29, 1.82) is 0 Å². The van der Waals surface area contributed by atoms with Crippen LogP contribution in [0.1, 0.15) is 12.8 Å². The van der Waals surface area contributed by atoms with Crippen LogP contribution in [-0.2, 0) is 14.3 Å². The molecule has 0 saturated heterocycles. The quantitative estimate of drug-likeness (QED) is 0.439. The van der Waals surface area contributed by atoms with Crippen molar-refractivity contribution in [1.82, 2.24) is 0 Å². The Labute approximate surface area is 66.1 Å². The molecule has 0 saturated carbocycles. The summed E-state index contributed by atoms with van der Waals surface area (Å²) >= 11 is 0. The molecule has 4 heteroatoms. The number of aliphatic hydroxyl groups is 1. The maximum Gasteiger partial charge on any atom is 0.331 e. The molecule has 0 aliphatic carbocycles. The number of unbranched alkanes of at least 4 members (excludes halogenated alkanes) is 1. The summed E-state index contributed by atoms with van der Waals surface area (Å²) in [7, 11) is 1.62. The predicted octanol–water partition coefficient (Wildman–Crippen LogP) is -0.0515.